The molecule has 0 N–H and O–H groups in total. The molecule has 0 spiro atoms. The van der Waals surface area contributed by atoms with Gasteiger partial charge in [0.1, 0.15) is 6.04 Å². The first kappa shape index (κ1) is 23.3. The summed E-state index contributed by atoms with van der Waals surface area (Å²) in [6.45, 7) is 5.20. The number of carbonyl (C=O) groups excluding carboxylic acids is 3. The monoisotopic (exact) mass is 480 g/mol. The maximum Gasteiger partial charge on any atom is 0.254 e. The highest BCUT2D eigenvalue weighted by atomic mass is 35.5. The van der Waals surface area contributed by atoms with E-state index < -0.39 is 6.04 Å². The lowest BCUT2D eigenvalue weighted by molar-refractivity contribution is -0.138. The zero-order valence-corrected chi connectivity index (χ0v) is 19.8. The minimum atomic E-state index is -0.457. The average Bonchev–Trinajstić information content (AvgIpc) is 3.28. The Kier molecular flexibility index (Phi) is 7.59. The minimum Gasteiger partial charge on any atom is -0.342 e. The highest BCUT2D eigenvalue weighted by molar-refractivity contribution is 6.35. The van der Waals surface area contributed by atoms with Crippen LogP contribution in [-0.4, -0.2) is 95.7 Å². The smallest absolute Gasteiger partial charge is 0.254 e. The number of hydrogen-bond acceptors (Lipinski definition) is 4. The highest BCUT2D eigenvalue weighted by Crippen LogP contribution is 2.26. The van der Waals surface area contributed by atoms with Crippen molar-refractivity contribution in [3.05, 3.63) is 33.8 Å². The number of rotatable bonds is 4. The fraction of sp³-hybridized carbons (Fsp3) is 0.609. The van der Waals surface area contributed by atoms with E-state index in [4.69, 9.17) is 23.2 Å². The molecule has 0 bridgehead atoms. The molecule has 9 heteroatoms. The van der Waals surface area contributed by atoms with Crippen molar-refractivity contribution in [2.24, 2.45) is 0 Å². The zero-order valence-electron chi connectivity index (χ0n) is 18.3. The largest absolute Gasteiger partial charge is 0.342 e. The molecule has 0 aromatic heterocycles. The quantitative estimate of drug-likeness (QED) is 0.664. The minimum absolute atomic E-state index is 0.00835. The Morgan fingerprint density at radius 3 is 2.09 bits per heavy atom. The lowest BCUT2D eigenvalue weighted by atomic mass is 10.1. The van der Waals surface area contributed by atoms with Gasteiger partial charge in [-0.3, -0.25) is 19.3 Å². The fourth-order valence-electron chi connectivity index (χ4n) is 4.88. The van der Waals surface area contributed by atoms with Gasteiger partial charge in [-0.2, -0.15) is 0 Å². The fourth-order valence-corrected chi connectivity index (χ4v) is 5.41. The van der Waals surface area contributed by atoms with E-state index >= 15 is 0 Å². The van der Waals surface area contributed by atoms with Crippen LogP contribution in [0.15, 0.2) is 18.2 Å². The van der Waals surface area contributed by atoms with Gasteiger partial charge in [-0.05, 0) is 50.3 Å². The van der Waals surface area contributed by atoms with Crippen molar-refractivity contribution < 1.29 is 14.4 Å². The van der Waals surface area contributed by atoms with Crippen molar-refractivity contribution in [1.82, 2.24) is 19.6 Å². The summed E-state index contributed by atoms with van der Waals surface area (Å²) < 4.78 is 0. The van der Waals surface area contributed by atoms with Crippen LogP contribution in [0.3, 0.4) is 0 Å². The molecule has 3 heterocycles. The summed E-state index contributed by atoms with van der Waals surface area (Å²) in [4.78, 5) is 46.4. The molecule has 3 amide bonds. The molecule has 3 fully saturated rings. The highest BCUT2D eigenvalue weighted by Gasteiger charge is 2.38. The Bertz CT molecular complexity index is 847. The van der Waals surface area contributed by atoms with Gasteiger partial charge in [0.2, 0.25) is 11.8 Å². The third kappa shape index (κ3) is 5.38. The number of carbonyl (C=O) groups is 3. The van der Waals surface area contributed by atoms with Gasteiger partial charge in [0.15, 0.2) is 0 Å². The summed E-state index contributed by atoms with van der Waals surface area (Å²) in [5, 5.41) is 0.802. The molecule has 7 nitrogen and oxygen atoms in total. The summed E-state index contributed by atoms with van der Waals surface area (Å²) in [5.74, 6) is -0.0285. The van der Waals surface area contributed by atoms with Crippen LogP contribution in [0, 0.1) is 0 Å². The van der Waals surface area contributed by atoms with E-state index in [1.54, 1.807) is 23.1 Å². The Balaban J connectivity index is 1.32. The third-order valence-electron chi connectivity index (χ3n) is 6.66. The Morgan fingerprint density at radius 2 is 1.44 bits per heavy atom. The molecule has 1 unspecified atom stereocenters. The number of halogens is 2. The summed E-state index contributed by atoms with van der Waals surface area (Å²) >= 11 is 12.1. The SMILES string of the molecule is O=C(CN1CCN(C(=O)C2CCCN2C(=O)c2cc(Cl)cc(Cl)c2)CC1)N1CCCCC1. The molecule has 32 heavy (non-hydrogen) atoms. The summed E-state index contributed by atoms with van der Waals surface area (Å²) in [6.07, 6.45) is 4.83. The van der Waals surface area contributed by atoms with Crippen molar-refractivity contribution >= 4 is 40.9 Å². The van der Waals surface area contributed by atoms with Gasteiger partial charge in [-0.15, -0.1) is 0 Å². The Labute approximate surface area is 199 Å². The van der Waals surface area contributed by atoms with Gasteiger partial charge in [0.05, 0.1) is 6.54 Å². The summed E-state index contributed by atoms with van der Waals surface area (Å²) in [6, 6.07) is 4.31. The van der Waals surface area contributed by atoms with Crippen LogP contribution in [0.25, 0.3) is 0 Å². The van der Waals surface area contributed by atoms with Gasteiger partial charge < -0.3 is 14.7 Å². The molecule has 3 saturated heterocycles. The number of benzene rings is 1. The second kappa shape index (κ2) is 10.4. The number of piperazine rings is 1. The van der Waals surface area contributed by atoms with Crippen molar-refractivity contribution in [3.8, 4) is 0 Å². The molecule has 1 aromatic rings. The number of likely N-dealkylation sites (tertiary alicyclic amines) is 2. The standard InChI is InChI=1S/C23H30Cl2N4O3/c24-18-13-17(14-19(25)15-18)22(31)29-8-4-5-20(29)23(32)28-11-9-26(10-12-28)16-21(30)27-6-2-1-3-7-27/h13-15,20H,1-12,16H2. The molecule has 1 aromatic carbocycles. The number of piperidine rings is 1. The van der Waals surface area contributed by atoms with Crippen LogP contribution in [0.5, 0.6) is 0 Å². The topological polar surface area (TPSA) is 64.2 Å². The normalized spacial score (nSPS) is 22.3. The van der Waals surface area contributed by atoms with Crippen LogP contribution >= 0.6 is 23.2 Å². The maximum absolute atomic E-state index is 13.2. The van der Waals surface area contributed by atoms with E-state index in [2.05, 4.69) is 4.90 Å². The molecule has 3 aliphatic heterocycles. The first-order valence-corrected chi connectivity index (χ1v) is 12.2. The van der Waals surface area contributed by atoms with Crippen molar-refractivity contribution in [1.29, 1.82) is 0 Å². The Morgan fingerprint density at radius 1 is 0.781 bits per heavy atom. The van der Waals surface area contributed by atoms with Crippen LogP contribution in [0.4, 0.5) is 0 Å². The average molecular weight is 481 g/mol. The molecule has 0 radical (unpaired) electrons. The van der Waals surface area contributed by atoms with E-state index in [-0.39, 0.29) is 17.7 Å². The van der Waals surface area contributed by atoms with Gasteiger partial charge >= 0.3 is 0 Å². The zero-order chi connectivity index (χ0) is 22.7. The number of hydrogen-bond donors (Lipinski definition) is 0. The predicted octanol–water partition coefficient (Wildman–Crippen LogP) is 2.75. The van der Waals surface area contributed by atoms with E-state index in [1.165, 1.54) is 6.42 Å². The Hall–Kier alpha value is -1.83. The molecule has 4 rings (SSSR count). The second-order valence-corrected chi connectivity index (χ2v) is 9.73. The van der Waals surface area contributed by atoms with E-state index in [1.807, 2.05) is 9.80 Å². The maximum atomic E-state index is 13.2. The molecule has 0 aliphatic carbocycles. The lowest BCUT2D eigenvalue weighted by Crippen LogP contribution is -2.55. The van der Waals surface area contributed by atoms with E-state index in [0.29, 0.717) is 61.3 Å². The predicted molar refractivity (Wildman–Crippen MR) is 124 cm³/mol. The van der Waals surface area contributed by atoms with Crippen LogP contribution < -0.4 is 0 Å². The number of nitrogens with zero attached hydrogens (tertiary/aromatic N) is 4. The van der Waals surface area contributed by atoms with Crippen molar-refractivity contribution in [2.75, 3.05) is 52.4 Å². The van der Waals surface area contributed by atoms with E-state index in [0.717, 1.165) is 32.4 Å². The third-order valence-corrected chi connectivity index (χ3v) is 7.10. The van der Waals surface area contributed by atoms with Gasteiger partial charge in [-0.25, -0.2) is 0 Å². The van der Waals surface area contributed by atoms with Crippen LogP contribution in [0.2, 0.25) is 10.0 Å². The van der Waals surface area contributed by atoms with Crippen LogP contribution in [-0.2, 0) is 9.59 Å². The molecule has 3 aliphatic rings. The van der Waals surface area contributed by atoms with Gasteiger partial charge in [-0.1, -0.05) is 23.2 Å². The summed E-state index contributed by atoms with van der Waals surface area (Å²) in [5.41, 5.74) is 0.406. The van der Waals surface area contributed by atoms with Gasteiger partial charge in [0, 0.05) is 61.4 Å². The first-order chi connectivity index (χ1) is 15.4. The molecular formula is C23H30Cl2N4O3. The summed E-state index contributed by atoms with van der Waals surface area (Å²) in [7, 11) is 0. The van der Waals surface area contributed by atoms with E-state index in [9.17, 15) is 14.4 Å². The van der Waals surface area contributed by atoms with Crippen LogP contribution in [0.1, 0.15) is 42.5 Å². The molecule has 1 atom stereocenters. The second-order valence-electron chi connectivity index (χ2n) is 8.86. The number of amides is 3. The first-order valence-electron chi connectivity index (χ1n) is 11.5. The van der Waals surface area contributed by atoms with Gasteiger partial charge in [0.25, 0.3) is 5.91 Å². The molecule has 0 saturated carbocycles. The van der Waals surface area contributed by atoms with Crippen molar-refractivity contribution in [2.45, 2.75) is 38.1 Å². The molecular weight excluding hydrogens is 451 g/mol. The van der Waals surface area contributed by atoms with Crippen molar-refractivity contribution in [3.63, 3.8) is 0 Å². The lowest BCUT2D eigenvalue weighted by Gasteiger charge is -2.38. The molecule has 174 valence electrons.